The van der Waals surface area contributed by atoms with Crippen LogP contribution >= 0.6 is 0 Å². The molecule has 0 saturated carbocycles. The summed E-state index contributed by atoms with van der Waals surface area (Å²) in [5.41, 5.74) is 1.23. The van der Waals surface area contributed by atoms with E-state index in [-0.39, 0.29) is 5.57 Å². The van der Waals surface area contributed by atoms with Gasteiger partial charge >= 0.3 is 0 Å². The Bertz CT molecular complexity index is 636. The zero-order valence-corrected chi connectivity index (χ0v) is 9.17. The van der Waals surface area contributed by atoms with Crippen LogP contribution in [0.15, 0.2) is 54.2 Å². The lowest BCUT2D eigenvalue weighted by Crippen LogP contribution is -2.33. The molecule has 2 rings (SSSR count). The van der Waals surface area contributed by atoms with Crippen molar-refractivity contribution in [2.45, 2.75) is 6.54 Å². The van der Waals surface area contributed by atoms with Gasteiger partial charge in [0.15, 0.2) is 12.7 Å². The Labute approximate surface area is 99.5 Å². The normalized spacial score (nSPS) is 9.29. The van der Waals surface area contributed by atoms with Crippen LogP contribution in [0.5, 0.6) is 0 Å². The summed E-state index contributed by atoms with van der Waals surface area (Å²) in [6, 6.07) is 15.7. The van der Waals surface area contributed by atoms with Crippen molar-refractivity contribution >= 4 is 10.9 Å². The van der Waals surface area contributed by atoms with E-state index in [1.807, 2.05) is 59.3 Å². The summed E-state index contributed by atoms with van der Waals surface area (Å²) in [5.74, 6) is 0. The summed E-state index contributed by atoms with van der Waals surface area (Å²) >= 11 is 0. The van der Waals surface area contributed by atoms with Crippen LogP contribution < -0.4 is 4.57 Å². The number of aromatic nitrogens is 1. The second-order valence-corrected chi connectivity index (χ2v) is 3.56. The molecular weight excluding hydrogens is 210 g/mol. The van der Waals surface area contributed by atoms with Gasteiger partial charge in [0.1, 0.15) is 17.7 Å². The SMILES string of the molecule is N#CC(C#N)=CC[n+]1cccc2ccccc21. The van der Waals surface area contributed by atoms with Gasteiger partial charge in [0.05, 0.1) is 0 Å². The number of para-hydroxylation sites is 1. The largest absolute Gasteiger partial charge is 0.212 e. The number of allylic oxidation sites excluding steroid dienone is 2. The zero-order valence-electron chi connectivity index (χ0n) is 9.17. The van der Waals surface area contributed by atoms with E-state index in [0.717, 1.165) is 10.9 Å². The molecule has 17 heavy (non-hydrogen) atoms. The highest BCUT2D eigenvalue weighted by molar-refractivity contribution is 5.74. The standard InChI is InChI=1S/C14H10N3/c15-10-12(11-16)7-9-17-8-3-5-13-4-1-2-6-14(13)17/h1-8H,9H2/q+1. The highest BCUT2D eigenvalue weighted by Crippen LogP contribution is 2.07. The van der Waals surface area contributed by atoms with Gasteiger partial charge in [0, 0.05) is 23.6 Å². The minimum Gasteiger partial charge on any atom is -0.194 e. The van der Waals surface area contributed by atoms with Gasteiger partial charge in [0.2, 0.25) is 5.52 Å². The first-order valence-electron chi connectivity index (χ1n) is 5.22. The second kappa shape index (κ2) is 4.92. The van der Waals surface area contributed by atoms with Gasteiger partial charge in [-0.15, -0.1) is 0 Å². The molecule has 0 aliphatic rings. The fourth-order valence-electron chi connectivity index (χ4n) is 1.69. The van der Waals surface area contributed by atoms with Crippen molar-refractivity contribution in [3.8, 4) is 12.1 Å². The third-order valence-corrected chi connectivity index (χ3v) is 2.52. The molecular formula is C14H10N3+. The molecule has 0 saturated heterocycles. The highest BCUT2D eigenvalue weighted by atomic mass is 14.9. The average Bonchev–Trinajstić information content (AvgIpc) is 2.40. The van der Waals surface area contributed by atoms with Crippen LogP contribution in [0.1, 0.15) is 0 Å². The number of nitrogens with zero attached hydrogens (tertiary/aromatic N) is 3. The number of rotatable bonds is 2. The van der Waals surface area contributed by atoms with E-state index in [0.29, 0.717) is 6.54 Å². The lowest BCUT2D eigenvalue weighted by atomic mass is 10.2. The molecule has 1 heterocycles. The molecule has 0 spiro atoms. The molecule has 1 aromatic heterocycles. The fourth-order valence-corrected chi connectivity index (χ4v) is 1.69. The third kappa shape index (κ3) is 2.30. The molecule has 0 aliphatic carbocycles. The van der Waals surface area contributed by atoms with Crippen molar-refractivity contribution in [2.75, 3.05) is 0 Å². The van der Waals surface area contributed by atoms with Crippen LogP contribution in [0.25, 0.3) is 10.9 Å². The van der Waals surface area contributed by atoms with Crippen LogP contribution in [0.3, 0.4) is 0 Å². The Morgan fingerprint density at radius 3 is 2.59 bits per heavy atom. The maximum absolute atomic E-state index is 8.67. The van der Waals surface area contributed by atoms with E-state index >= 15 is 0 Å². The summed E-state index contributed by atoms with van der Waals surface area (Å²) < 4.78 is 2.00. The number of benzene rings is 1. The molecule has 2 aromatic rings. The highest BCUT2D eigenvalue weighted by Gasteiger charge is 2.05. The van der Waals surface area contributed by atoms with Gasteiger partial charge in [-0.3, -0.25) is 0 Å². The smallest absolute Gasteiger partial charge is 0.194 e. The van der Waals surface area contributed by atoms with Gasteiger partial charge in [0.25, 0.3) is 0 Å². The molecule has 0 radical (unpaired) electrons. The first kappa shape index (κ1) is 10.9. The van der Waals surface area contributed by atoms with E-state index in [2.05, 4.69) is 0 Å². The quantitative estimate of drug-likeness (QED) is 0.575. The summed E-state index contributed by atoms with van der Waals surface area (Å²) in [6.07, 6.45) is 3.57. The maximum Gasteiger partial charge on any atom is 0.212 e. The van der Waals surface area contributed by atoms with Crippen LogP contribution in [0, 0.1) is 22.7 Å². The Morgan fingerprint density at radius 1 is 1.12 bits per heavy atom. The number of pyridine rings is 1. The molecule has 0 bridgehead atoms. The predicted molar refractivity (Wildman–Crippen MR) is 63.5 cm³/mol. The minimum absolute atomic E-state index is 0.144. The minimum atomic E-state index is 0.144. The Hall–Kier alpha value is -2.65. The molecule has 1 aromatic carbocycles. The van der Waals surface area contributed by atoms with Crippen LogP contribution in [0.2, 0.25) is 0 Å². The van der Waals surface area contributed by atoms with Gasteiger partial charge in [-0.05, 0) is 12.1 Å². The Balaban J connectivity index is 2.41. The van der Waals surface area contributed by atoms with Gasteiger partial charge in [-0.1, -0.05) is 12.1 Å². The van der Waals surface area contributed by atoms with Crippen LogP contribution in [-0.2, 0) is 6.54 Å². The number of hydrogen-bond donors (Lipinski definition) is 0. The van der Waals surface area contributed by atoms with E-state index in [4.69, 9.17) is 10.5 Å². The van der Waals surface area contributed by atoms with Crippen molar-refractivity contribution in [1.29, 1.82) is 10.5 Å². The molecule has 0 N–H and O–H groups in total. The van der Waals surface area contributed by atoms with E-state index < -0.39 is 0 Å². The molecule has 0 amide bonds. The number of nitriles is 2. The number of fused-ring (bicyclic) bond motifs is 1. The van der Waals surface area contributed by atoms with E-state index in [1.54, 1.807) is 6.08 Å². The predicted octanol–water partition coefficient (Wildman–Crippen LogP) is 2.10. The molecule has 0 unspecified atom stereocenters. The molecule has 0 aliphatic heterocycles. The summed E-state index contributed by atoms with van der Waals surface area (Å²) in [7, 11) is 0. The summed E-state index contributed by atoms with van der Waals surface area (Å²) in [4.78, 5) is 0. The van der Waals surface area contributed by atoms with Crippen molar-refractivity contribution in [3.05, 3.63) is 54.2 Å². The average molecular weight is 220 g/mol. The lowest BCUT2D eigenvalue weighted by Gasteiger charge is -1.97. The number of hydrogen-bond acceptors (Lipinski definition) is 2. The maximum atomic E-state index is 8.67. The fraction of sp³-hybridized carbons (Fsp3) is 0.0714. The van der Waals surface area contributed by atoms with Gasteiger partial charge < -0.3 is 0 Å². The summed E-state index contributed by atoms with van der Waals surface area (Å²) in [5, 5.41) is 18.5. The third-order valence-electron chi connectivity index (χ3n) is 2.52. The van der Waals surface area contributed by atoms with E-state index in [1.165, 1.54) is 0 Å². The van der Waals surface area contributed by atoms with Crippen LogP contribution in [0.4, 0.5) is 0 Å². The zero-order chi connectivity index (χ0) is 12.1. The van der Waals surface area contributed by atoms with Crippen molar-refractivity contribution in [3.63, 3.8) is 0 Å². The molecule has 0 fully saturated rings. The molecule has 80 valence electrons. The Morgan fingerprint density at radius 2 is 1.82 bits per heavy atom. The molecule has 0 atom stereocenters. The lowest BCUT2D eigenvalue weighted by molar-refractivity contribution is -0.661. The molecule has 3 nitrogen and oxygen atoms in total. The monoisotopic (exact) mass is 220 g/mol. The summed E-state index contributed by atoms with van der Waals surface area (Å²) in [6.45, 7) is 0.526. The first-order chi connectivity index (χ1) is 8.35. The van der Waals surface area contributed by atoms with Gasteiger partial charge in [-0.25, -0.2) is 0 Å². The van der Waals surface area contributed by atoms with Crippen molar-refractivity contribution in [2.24, 2.45) is 0 Å². The van der Waals surface area contributed by atoms with Gasteiger partial charge in [-0.2, -0.15) is 15.1 Å². The van der Waals surface area contributed by atoms with Crippen LogP contribution in [-0.4, -0.2) is 0 Å². The van der Waals surface area contributed by atoms with Crippen molar-refractivity contribution in [1.82, 2.24) is 0 Å². The topological polar surface area (TPSA) is 51.5 Å². The second-order valence-electron chi connectivity index (χ2n) is 3.56. The van der Waals surface area contributed by atoms with E-state index in [9.17, 15) is 0 Å². The first-order valence-corrected chi connectivity index (χ1v) is 5.22. The van der Waals surface area contributed by atoms with Crippen molar-refractivity contribution < 1.29 is 4.57 Å². The Kier molecular flexibility index (Phi) is 3.14. The molecule has 3 heteroatoms.